The van der Waals surface area contributed by atoms with E-state index in [1.807, 2.05) is 98.7 Å². The summed E-state index contributed by atoms with van der Waals surface area (Å²) in [6.45, 7) is 0. The van der Waals surface area contributed by atoms with Gasteiger partial charge in [0.2, 0.25) is 0 Å². The minimum Gasteiger partial charge on any atom is -0.388 e. The van der Waals surface area contributed by atoms with E-state index in [2.05, 4.69) is 0 Å². The highest BCUT2D eigenvalue weighted by Gasteiger charge is 2.08. The van der Waals surface area contributed by atoms with Crippen LogP contribution in [0.25, 0.3) is 0 Å². The second kappa shape index (κ2) is 9.41. The van der Waals surface area contributed by atoms with Gasteiger partial charge in [-0.2, -0.15) is 0 Å². The first kappa shape index (κ1) is 20.0. The summed E-state index contributed by atoms with van der Waals surface area (Å²) in [5, 5.41) is 20.6. The smallest absolute Gasteiger partial charge is 0.0824 e. The highest BCUT2D eigenvalue weighted by atomic mass is 16.3. The van der Waals surface area contributed by atoms with Gasteiger partial charge >= 0.3 is 0 Å². The summed E-state index contributed by atoms with van der Waals surface area (Å²) in [5.74, 6) is 0. The molecule has 2 atom stereocenters. The van der Waals surface area contributed by atoms with Gasteiger partial charge in [0.1, 0.15) is 0 Å². The maximum Gasteiger partial charge on any atom is 0.0824 e. The van der Waals surface area contributed by atoms with E-state index >= 15 is 0 Å². The van der Waals surface area contributed by atoms with E-state index in [1.54, 1.807) is 0 Å². The first-order valence-electron chi connectivity index (χ1n) is 8.94. The first-order chi connectivity index (χ1) is 12.4. The number of aliphatic hydroxyl groups excluding tert-OH is 2. The molecule has 4 heteroatoms. The number of anilines is 2. The third-order valence-corrected chi connectivity index (χ3v) is 4.47. The fraction of sp³-hybridized carbons (Fsp3) is 0.364. The molecule has 0 aliphatic rings. The SMILES string of the molecule is CN(C)c1ccc(C(O)C/C=C/CC(O)c2ccc(N(C)C)cc2)cc1. The Morgan fingerprint density at radius 3 is 1.23 bits per heavy atom. The van der Waals surface area contributed by atoms with Crippen molar-refractivity contribution in [3.05, 3.63) is 71.8 Å². The van der Waals surface area contributed by atoms with Crippen molar-refractivity contribution in [1.29, 1.82) is 0 Å². The lowest BCUT2D eigenvalue weighted by atomic mass is 10.0. The largest absolute Gasteiger partial charge is 0.388 e. The van der Waals surface area contributed by atoms with Crippen LogP contribution in [-0.4, -0.2) is 38.4 Å². The molecule has 140 valence electrons. The Bertz CT molecular complexity index is 630. The zero-order valence-electron chi connectivity index (χ0n) is 16.1. The Labute approximate surface area is 157 Å². The van der Waals surface area contributed by atoms with Crippen molar-refractivity contribution in [1.82, 2.24) is 0 Å². The fourth-order valence-corrected chi connectivity index (χ4v) is 2.71. The van der Waals surface area contributed by atoms with E-state index in [0.29, 0.717) is 12.8 Å². The molecule has 0 bridgehead atoms. The first-order valence-corrected chi connectivity index (χ1v) is 8.94. The average molecular weight is 354 g/mol. The third-order valence-electron chi connectivity index (χ3n) is 4.47. The third kappa shape index (κ3) is 5.61. The van der Waals surface area contributed by atoms with Crippen LogP contribution in [0.4, 0.5) is 11.4 Å². The minimum atomic E-state index is -0.529. The van der Waals surface area contributed by atoms with Gasteiger partial charge in [-0.25, -0.2) is 0 Å². The second-order valence-electron chi connectivity index (χ2n) is 6.95. The van der Waals surface area contributed by atoms with Crippen LogP contribution < -0.4 is 9.80 Å². The molecule has 0 saturated carbocycles. The highest BCUT2D eigenvalue weighted by Crippen LogP contribution is 2.23. The molecule has 0 saturated heterocycles. The molecule has 0 aromatic heterocycles. The van der Waals surface area contributed by atoms with Gasteiger partial charge in [-0.15, -0.1) is 0 Å². The minimum absolute atomic E-state index is 0.529. The zero-order valence-corrected chi connectivity index (χ0v) is 16.1. The Morgan fingerprint density at radius 2 is 0.962 bits per heavy atom. The van der Waals surface area contributed by atoms with Crippen LogP contribution in [0.2, 0.25) is 0 Å². The van der Waals surface area contributed by atoms with Crippen molar-refractivity contribution in [2.45, 2.75) is 25.0 Å². The van der Waals surface area contributed by atoms with Crippen molar-refractivity contribution >= 4 is 11.4 Å². The lowest BCUT2D eigenvalue weighted by Crippen LogP contribution is -2.08. The van der Waals surface area contributed by atoms with Gasteiger partial charge in [0.05, 0.1) is 12.2 Å². The number of aliphatic hydroxyl groups is 2. The highest BCUT2D eigenvalue weighted by molar-refractivity contribution is 5.47. The van der Waals surface area contributed by atoms with E-state index < -0.39 is 12.2 Å². The van der Waals surface area contributed by atoms with Gasteiger partial charge in [0, 0.05) is 39.6 Å². The molecule has 0 aliphatic heterocycles. The average Bonchev–Trinajstić information content (AvgIpc) is 2.65. The second-order valence-corrected chi connectivity index (χ2v) is 6.95. The molecule has 2 aromatic rings. The molecule has 0 heterocycles. The molecule has 2 N–H and O–H groups in total. The lowest BCUT2D eigenvalue weighted by molar-refractivity contribution is 0.177. The number of rotatable bonds is 8. The quantitative estimate of drug-likeness (QED) is 0.706. The summed E-state index contributed by atoms with van der Waals surface area (Å²) in [4.78, 5) is 4.06. The summed E-state index contributed by atoms with van der Waals surface area (Å²) in [6.07, 6.45) is 3.88. The normalized spacial score (nSPS) is 13.6. The van der Waals surface area contributed by atoms with Gasteiger partial charge < -0.3 is 20.0 Å². The van der Waals surface area contributed by atoms with Crippen molar-refractivity contribution in [3.63, 3.8) is 0 Å². The van der Waals surface area contributed by atoms with Crippen molar-refractivity contribution < 1.29 is 10.2 Å². The van der Waals surface area contributed by atoms with Gasteiger partial charge in [-0.1, -0.05) is 36.4 Å². The standard InChI is InChI=1S/C22H30N2O2/c1-23(2)19-13-9-17(10-14-19)21(25)7-5-6-8-22(26)18-11-15-20(16-12-18)24(3)4/h5-6,9-16,21-22,25-26H,7-8H2,1-4H3/b6-5+. The van der Waals surface area contributed by atoms with Gasteiger partial charge in [0.25, 0.3) is 0 Å². The molecule has 0 radical (unpaired) electrons. The Hall–Kier alpha value is -2.30. The summed E-state index contributed by atoms with van der Waals surface area (Å²) in [7, 11) is 7.97. The molecular formula is C22H30N2O2. The molecule has 26 heavy (non-hydrogen) atoms. The summed E-state index contributed by atoms with van der Waals surface area (Å²) < 4.78 is 0. The van der Waals surface area contributed by atoms with Crippen LogP contribution in [0, 0.1) is 0 Å². The Kier molecular flexibility index (Phi) is 7.25. The van der Waals surface area contributed by atoms with E-state index in [-0.39, 0.29) is 0 Å². The van der Waals surface area contributed by atoms with Gasteiger partial charge in [-0.3, -0.25) is 0 Å². The number of hydrogen-bond acceptors (Lipinski definition) is 4. The van der Waals surface area contributed by atoms with E-state index in [9.17, 15) is 10.2 Å². The van der Waals surface area contributed by atoms with E-state index in [1.165, 1.54) is 0 Å². The summed E-state index contributed by atoms with van der Waals surface area (Å²) >= 11 is 0. The van der Waals surface area contributed by atoms with Gasteiger partial charge in [0.15, 0.2) is 0 Å². The van der Waals surface area contributed by atoms with Crippen LogP contribution in [-0.2, 0) is 0 Å². The predicted octanol–water partition coefficient (Wildman–Crippen LogP) is 3.92. The van der Waals surface area contributed by atoms with Crippen LogP contribution in [0.15, 0.2) is 60.7 Å². The Morgan fingerprint density at radius 1 is 0.654 bits per heavy atom. The van der Waals surface area contributed by atoms with Gasteiger partial charge in [-0.05, 0) is 48.2 Å². The molecular weight excluding hydrogens is 324 g/mol. The molecule has 4 nitrogen and oxygen atoms in total. The monoisotopic (exact) mass is 354 g/mol. The Balaban J connectivity index is 1.83. The molecule has 0 fully saturated rings. The van der Waals surface area contributed by atoms with Crippen LogP contribution in [0.1, 0.15) is 36.2 Å². The van der Waals surface area contributed by atoms with Crippen molar-refractivity contribution in [3.8, 4) is 0 Å². The van der Waals surface area contributed by atoms with Crippen LogP contribution in [0.5, 0.6) is 0 Å². The maximum atomic E-state index is 10.3. The van der Waals surface area contributed by atoms with Crippen molar-refractivity contribution in [2.75, 3.05) is 38.0 Å². The number of hydrogen-bond donors (Lipinski definition) is 2. The van der Waals surface area contributed by atoms with E-state index in [4.69, 9.17) is 0 Å². The molecule has 2 unspecified atom stereocenters. The molecule has 0 spiro atoms. The summed E-state index contributed by atoms with van der Waals surface area (Å²) in [5.41, 5.74) is 4.03. The topological polar surface area (TPSA) is 46.9 Å². The zero-order chi connectivity index (χ0) is 19.1. The van der Waals surface area contributed by atoms with E-state index in [0.717, 1.165) is 22.5 Å². The molecule has 0 amide bonds. The van der Waals surface area contributed by atoms with Crippen LogP contribution in [0.3, 0.4) is 0 Å². The van der Waals surface area contributed by atoms with Crippen molar-refractivity contribution in [2.24, 2.45) is 0 Å². The summed E-state index contributed by atoms with van der Waals surface area (Å²) in [6, 6.07) is 15.8. The molecule has 2 aromatic carbocycles. The maximum absolute atomic E-state index is 10.3. The lowest BCUT2D eigenvalue weighted by Gasteiger charge is -2.15. The molecule has 2 rings (SSSR count). The molecule has 0 aliphatic carbocycles. The predicted molar refractivity (Wildman–Crippen MR) is 110 cm³/mol. The number of nitrogens with zero attached hydrogens (tertiary/aromatic N) is 2. The fourth-order valence-electron chi connectivity index (χ4n) is 2.71. The number of benzene rings is 2. The van der Waals surface area contributed by atoms with Crippen LogP contribution >= 0.6 is 0 Å².